The lowest BCUT2D eigenvalue weighted by molar-refractivity contribution is -0.119. The highest BCUT2D eigenvalue weighted by Gasteiger charge is 2.23. The van der Waals surface area contributed by atoms with Crippen molar-refractivity contribution < 1.29 is 14.3 Å². The van der Waals surface area contributed by atoms with E-state index < -0.39 is 0 Å². The van der Waals surface area contributed by atoms with Crippen LogP contribution in [-0.2, 0) is 11.2 Å². The van der Waals surface area contributed by atoms with Gasteiger partial charge in [-0.25, -0.2) is 0 Å². The number of benzene rings is 2. The molecular formula is C21H21Cl2NO3. The molecule has 0 atom stereocenters. The molecule has 0 unspecified atom stereocenters. The maximum atomic E-state index is 12.7. The van der Waals surface area contributed by atoms with Crippen LogP contribution in [0.4, 0.5) is 5.69 Å². The van der Waals surface area contributed by atoms with Crippen LogP contribution >= 0.6 is 23.2 Å². The molecule has 2 aromatic rings. The summed E-state index contributed by atoms with van der Waals surface area (Å²) >= 11 is 11.9. The number of nitrogens with one attached hydrogen (secondary N) is 1. The molecule has 1 aliphatic carbocycles. The second-order valence-electron chi connectivity index (χ2n) is 6.73. The summed E-state index contributed by atoms with van der Waals surface area (Å²) < 4.78 is 5.33. The van der Waals surface area contributed by atoms with Gasteiger partial charge in [-0.2, -0.15) is 0 Å². The molecule has 0 aliphatic heterocycles. The number of carbonyl (C=O) groups is 2. The Balaban J connectivity index is 1.77. The van der Waals surface area contributed by atoms with Crippen LogP contribution in [-0.4, -0.2) is 18.8 Å². The van der Waals surface area contributed by atoms with E-state index in [0.717, 1.165) is 31.2 Å². The minimum absolute atomic E-state index is 0.0140. The van der Waals surface area contributed by atoms with Gasteiger partial charge in [0.25, 0.3) is 0 Å². The van der Waals surface area contributed by atoms with Crippen molar-refractivity contribution in [1.82, 2.24) is 0 Å². The molecule has 3 rings (SSSR count). The molecule has 0 aromatic heterocycles. The summed E-state index contributed by atoms with van der Waals surface area (Å²) in [5.74, 6) is 0.477. The summed E-state index contributed by atoms with van der Waals surface area (Å²) in [7, 11) is 1.54. The van der Waals surface area contributed by atoms with Crippen LogP contribution in [0.1, 0.15) is 41.6 Å². The average molecular weight is 406 g/mol. The van der Waals surface area contributed by atoms with Crippen molar-refractivity contribution in [3.05, 3.63) is 57.6 Å². The van der Waals surface area contributed by atoms with E-state index >= 15 is 0 Å². The fourth-order valence-electron chi connectivity index (χ4n) is 3.34. The van der Waals surface area contributed by atoms with Crippen LogP contribution in [0.5, 0.6) is 5.75 Å². The molecule has 0 bridgehead atoms. The van der Waals surface area contributed by atoms with Crippen LogP contribution in [0.25, 0.3) is 0 Å². The van der Waals surface area contributed by atoms with Gasteiger partial charge in [0.1, 0.15) is 5.75 Å². The minimum atomic E-state index is -0.0765. The van der Waals surface area contributed by atoms with Crippen molar-refractivity contribution in [3.8, 4) is 5.75 Å². The number of hydrogen-bond acceptors (Lipinski definition) is 3. The number of ketones is 1. The van der Waals surface area contributed by atoms with E-state index in [1.54, 1.807) is 36.4 Å². The molecule has 0 spiro atoms. The molecular weight excluding hydrogens is 385 g/mol. The third-order valence-electron chi connectivity index (χ3n) is 4.85. The summed E-state index contributed by atoms with van der Waals surface area (Å²) in [5, 5.41) is 3.80. The molecule has 27 heavy (non-hydrogen) atoms. The van der Waals surface area contributed by atoms with E-state index in [9.17, 15) is 9.59 Å². The summed E-state index contributed by atoms with van der Waals surface area (Å²) in [6.45, 7) is 0. The van der Waals surface area contributed by atoms with E-state index in [4.69, 9.17) is 27.9 Å². The molecule has 1 fully saturated rings. The van der Waals surface area contributed by atoms with Gasteiger partial charge in [0.05, 0.1) is 22.8 Å². The van der Waals surface area contributed by atoms with Crippen molar-refractivity contribution >= 4 is 40.6 Å². The highest BCUT2D eigenvalue weighted by Crippen LogP contribution is 2.30. The van der Waals surface area contributed by atoms with Gasteiger partial charge >= 0.3 is 0 Å². The summed E-state index contributed by atoms with van der Waals surface area (Å²) in [6, 6.07) is 10.2. The van der Waals surface area contributed by atoms with Crippen LogP contribution in [0.15, 0.2) is 36.4 Å². The molecule has 6 heteroatoms. The Labute approximate surface area is 168 Å². The zero-order valence-electron chi connectivity index (χ0n) is 15.1. The van der Waals surface area contributed by atoms with Crippen molar-refractivity contribution in [2.75, 3.05) is 12.4 Å². The van der Waals surface area contributed by atoms with E-state index in [2.05, 4.69) is 5.32 Å². The van der Waals surface area contributed by atoms with Gasteiger partial charge in [0.15, 0.2) is 5.78 Å². The van der Waals surface area contributed by atoms with Crippen LogP contribution in [0.3, 0.4) is 0 Å². The van der Waals surface area contributed by atoms with Gasteiger partial charge in [-0.3, -0.25) is 9.59 Å². The van der Waals surface area contributed by atoms with Crippen LogP contribution in [0.2, 0.25) is 10.0 Å². The van der Waals surface area contributed by atoms with E-state index in [0.29, 0.717) is 27.0 Å². The first kappa shape index (κ1) is 19.7. The SMILES string of the molecule is COc1ccc(C(=O)Cc2ccc(Cl)c(Cl)c2)cc1NC(=O)C1CCCC1. The lowest BCUT2D eigenvalue weighted by Gasteiger charge is -2.14. The Morgan fingerprint density at radius 3 is 2.48 bits per heavy atom. The summed E-state index contributed by atoms with van der Waals surface area (Å²) in [4.78, 5) is 25.1. The highest BCUT2D eigenvalue weighted by atomic mass is 35.5. The Kier molecular flexibility index (Phi) is 6.40. The topological polar surface area (TPSA) is 55.4 Å². The number of hydrogen-bond donors (Lipinski definition) is 1. The van der Waals surface area contributed by atoms with Crippen molar-refractivity contribution in [1.29, 1.82) is 0 Å². The third kappa shape index (κ3) is 4.82. The Bertz CT molecular complexity index is 861. The molecule has 0 heterocycles. The van der Waals surface area contributed by atoms with Crippen LogP contribution < -0.4 is 10.1 Å². The number of amides is 1. The second kappa shape index (κ2) is 8.77. The van der Waals surface area contributed by atoms with Gasteiger partial charge in [0, 0.05) is 17.9 Å². The van der Waals surface area contributed by atoms with Gasteiger partial charge < -0.3 is 10.1 Å². The van der Waals surface area contributed by atoms with E-state index in [-0.39, 0.29) is 24.0 Å². The zero-order chi connectivity index (χ0) is 19.4. The fourth-order valence-corrected chi connectivity index (χ4v) is 3.66. The quantitative estimate of drug-likeness (QED) is 0.640. The molecule has 0 radical (unpaired) electrons. The number of anilines is 1. The molecule has 4 nitrogen and oxygen atoms in total. The normalized spacial score (nSPS) is 14.2. The van der Waals surface area contributed by atoms with Gasteiger partial charge in [-0.15, -0.1) is 0 Å². The van der Waals surface area contributed by atoms with Gasteiger partial charge in [0.2, 0.25) is 5.91 Å². The molecule has 1 N–H and O–H groups in total. The van der Waals surface area contributed by atoms with E-state index in [1.165, 1.54) is 7.11 Å². The summed E-state index contributed by atoms with van der Waals surface area (Å²) in [5.41, 5.74) is 1.81. The van der Waals surface area contributed by atoms with E-state index in [1.807, 2.05) is 0 Å². The monoisotopic (exact) mass is 405 g/mol. The smallest absolute Gasteiger partial charge is 0.227 e. The first-order valence-electron chi connectivity index (χ1n) is 8.94. The minimum Gasteiger partial charge on any atom is -0.495 e. The molecule has 1 aliphatic rings. The molecule has 0 saturated heterocycles. The molecule has 1 saturated carbocycles. The fraction of sp³-hybridized carbons (Fsp3) is 0.333. The highest BCUT2D eigenvalue weighted by molar-refractivity contribution is 6.42. The Morgan fingerprint density at radius 1 is 1.07 bits per heavy atom. The summed E-state index contributed by atoms with van der Waals surface area (Å²) in [6.07, 6.45) is 4.17. The first-order valence-corrected chi connectivity index (χ1v) is 9.69. The molecule has 2 aromatic carbocycles. The van der Waals surface area contributed by atoms with Crippen LogP contribution in [0, 0.1) is 5.92 Å². The average Bonchev–Trinajstić information content (AvgIpc) is 3.19. The standard InChI is InChI=1S/C21H21Cl2NO3/c1-27-20-9-7-15(12-18(20)24-21(26)14-4-2-3-5-14)19(25)11-13-6-8-16(22)17(23)10-13/h6-10,12,14H,2-5,11H2,1H3,(H,24,26). The second-order valence-corrected chi connectivity index (χ2v) is 7.55. The lowest BCUT2D eigenvalue weighted by atomic mass is 10.0. The first-order chi connectivity index (χ1) is 13.0. The predicted octanol–water partition coefficient (Wildman–Crippen LogP) is 5.56. The van der Waals surface area contributed by atoms with Crippen molar-refractivity contribution in [3.63, 3.8) is 0 Å². The third-order valence-corrected chi connectivity index (χ3v) is 5.59. The number of rotatable bonds is 6. The maximum absolute atomic E-state index is 12.7. The molecule has 142 valence electrons. The van der Waals surface area contributed by atoms with Gasteiger partial charge in [-0.05, 0) is 48.7 Å². The number of Topliss-reactive ketones (excluding diaryl/α,β-unsaturated/α-hetero) is 1. The number of methoxy groups -OCH3 is 1. The number of halogens is 2. The Morgan fingerprint density at radius 2 is 1.81 bits per heavy atom. The van der Waals surface area contributed by atoms with Gasteiger partial charge in [-0.1, -0.05) is 42.1 Å². The zero-order valence-corrected chi connectivity index (χ0v) is 16.6. The number of carbonyl (C=O) groups excluding carboxylic acids is 2. The molecule has 1 amide bonds. The van der Waals surface area contributed by atoms with Crippen molar-refractivity contribution in [2.45, 2.75) is 32.1 Å². The largest absolute Gasteiger partial charge is 0.495 e. The lowest BCUT2D eigenvalue weighted by Crippen LogP contribution is -2.21. The Hall–Kier alpha value is -2.04. The number of ether oxygens (including phenoxy) is 1. The van der Waals surface area contributed by atoms with Crippen molar-refractivity contribution in [2.24, 2.45) is 5.92 Å². The predicted molar refractivity (Wildman–Crippen MR) is 108 cm³/mol. The maximum Gasteiger partial charge on any atom is 0.227 e.